The molecule has 0 bridgehead atoms. The van der Waals surface area contributed by atoms with Gasteiger partial charge in [-0.2, -0.15) is 0 Å². The standard InChI is InChI=1S/C17H23N3/c1-3-17(2)13-20(11-5-9-19-17)16-7-4-6-14-8-10-18-12-15(14)16/h4,6-8,10,12,19H,3,5,9,11,13H2,1-2H3. The molecule has 0 spiro atoms. The van der Waals surface area contributed by atoms with Gasteiger partial charge in [0.15, 0.2) is 0 Å². The molecule has 1 aliphatic heterocycles. The Morgan fingerprint density at radius 1 is 1.35 bits per heavy atom. The molecule has 0 saturated carbocycles. The predicted molar refractivity (Wildman–Crippen MR) is 85.3 cm³/mol. The second-order valence-corrected chi connectivity index (χ2v) is 5.99. The van der Waals surface area contributed by atoms with Crippen LogP contribution < -0.4 is 10.2 Å². The molecule has 1 aliphatic rings. The maximum Gasteiger partial charge on any atom is 0.0462 e. The van der Waals surface area contributed by atoms with Gasteiger partial charge in [-0.1, -0.05) is 19.1 Å². The molecule has 1 saturated heterocycles. The van der Waals surface area contributed by atoms with Crippen LogP contribution in [0.3, 0.4) is 0 Å². The number of rotatable bonds is 2. The van der Waals surface area contributed by atoms with E-state index in [1.807, 2.05) is 12.4 Å². The molecular formula is C17H23N3. The van der Waals surface area contributed by atoms with Gasteiger partial charge in [-0.3, -0.25) is 4.98 Å². The predicted octanol–water partition coefficient (Wildman–Crippen LogP) is 3.20. The molecule has 2 aromatic rings. The van der Waals surface area contributed by atoms with E-state index in [1.165, 1.54) is 22.9 Å². The first-order valence-electron chi connectivity index (χ1n) is 7.54. The lowest BCUT2D eigenvalue weighted by Gasteiger charge is -2.34. The highest BCUT2D eigenvalue weighted by Gasteiger charge is 2.27. The van der Waals surface area contributed by atoms with Crippen LogP contribution in [0, 0.1) is 0 Å². The number of anilines is 1. The van der Waals surface area contributed by atoms with Crippen LogP contribution in [0.2, 0.25) is 0 Å². The SMILES string of the molecule is CCC1(C)CN(c2cccc3ccncc23)CCCN1. The van der Waals surface area contributed by atoms with Crippen molar-refractivity contribution >= 4 is 16.5 Å². The normalized spacial score (nSPS) is 23.8. The van der Waals surface area contributed by atoms with Gasteiger partial charge in [0, 0.05) is 42.1 Å². The van der Waals surface area contributed by atoms with E-state index >= 15 is 0 Å². The van der Waals surface area contributed by atoms with E-state index in [9.17, 15) is 0 Å². The Labute approximate surface area is 121 Å². The average molecular weight is 269 g/mol. The highest BCUT2D eigenvalue weighted by Crippen LogP contribution is 2.28. The zero-order valence-electron chi connectivity index (χ0n) is 12.4. The van der Waals surface area contributed by atoms with E-state index < -0.39 is 0 Å². The molecule has 0 amide bonds. The van der Waals surface area contributed by atoms with Crippen LogP contribution in [-0.2, 0) is 0 Å². The highest BCUT2D eigenvalue weighted by molar-refractivity contribution is 5.93. The van der Waals surface area contributed by atoms with Gasteiger partial charge in [-0.05, 0) is 43.8 Å². The Morgan fingerprint density at radius 3 is 3.10 bits per heavy atom. The molecule has 20 heavy (non-hydrogen) atoms. The lowest BCUT2D eigenvalue weighted by Crippen LogP contribution is -2.48. The largest absolute Gasteiger partial charge is 0.369 e. The molecule has 0 aliphatic carbocycles. The van der Waals surface area contributed by atoms with Gasteiger partial charge < -0.3 is 10.2 Å². The lowest BCUT2D eigenvalue weighted by molar-refractivity contribution is 0.366. The Balaban J connectivity index is 2.01. The summed E-state index contributed by atoms with van der Waals surface area (Å²) in [5.41, 5.74) is 1.51. The van der Waals surface area contributed by atoms with Gasteiger partial charge in [0.2, 0.25) is 0 Å². The van der Waals surface area contributed by atoms with Crippen LogP contribution in [0.15, 0.2) is 36.7 Å². The molecule has 1 unspecified atom stereocenters. The van der Waals surface area contributed by atoms with Gasteiger partial charge in [0.05, 0.1) is 0 Å². The molecule has 3 nitrogen and oxygen atoms in total. The van der Waals surface area contributed by atoms with Crippen molar-refractivity contribution < 1.29 is 0 Å². The highest BCUT2D eigenvalue weighted by atomic mass is 15.2. The fourth-order valence-electron chi connectivity index (χ4n) is 3.03. The fourth-order valence-corrected chi connectivity index (χ4v) is 3.03. The number of benzene rings is 1. The van der Waals surface area contributed by atoms with Crippen LogP contribution in [0.1, 0.15) is 26.7 Å². The second-order valence-electron chi connectivity index (χ2n) is 5.99. The van der Waals surface area contributed by atoms with Crippen molar-refractivity contribution in [1.29, 1.82) is 0 Å². The van der Waals surface area contributed by atoms with E-state index in [0.29, 0.717) is 0 Å². The zero-order valence-corrected chi connectivity index (χ0v) is 12.4. The minimum absolute atomic E-state index is 0.195. The number of nitrogens with one attached hydrogen (secondary N) is 1. The van der Waals surface area contributed by atoms with Crippen molar-refractivity contribution in [2.45, 2.75) is 32.2 Å². The zero-order chi connectivity index (χ0) is 14.0. The maximum atomic E-state index is 4.31. The fraction of sp³-hybridized carbons (Fsp3) is 0.471. The number of fused-ring (bicyclic) bond motifs is 1. The van der Waals surface area contributed by atoms with Crippen LogP contribution >= 0.6 is 0 Å². The third kappa shape index (κ3) is 2.50. The first kappa shape index (κ1) is 13.4. The Hall–Kier alpha value is -1.61. The van der Waals surface area contributed by atoms with E-state index in [4.69, 9.17) is 0 Å². The number of hydrogen-bond acceptors (Lipinski definition) is 3. The Bertz CT molecular complexity index is 590. The average Bonchev–Trinajstić information content (AvgIpc) is 2.69. The van der Waals surface area contributed by atoms with Crippen molar-refractivity contribution in [1.82, 2.24) is 10.3 Å². The first-order valence-corrected chi connectivity index (χ1v) is 7.54. The minimum Gasteiger partial charge on any atom is -0.369 e. The van der Waals surface area contributed by atoms with E-state index in [2.05, 4.69) is 53.3 Å². The third-order valence-corrected chi connectivity index (χ3v) is 4.48. The summed E-state index contributed by atoms with van der Waals surface area (Å²) in [6.07, 6.45) is 6.19. The number of nitrogens with zero attached hydrogens (tertiary/aromatic N) is 2. The topological polar surface area (TPSA) is 28.2 Å². The summed E-state index contributed by atoms with van der Waals surface area (Å²) < 4.78 is 0. The van der Waals surface area contributed by atoms with E-state index in [-0.39, 0.29) is 5.54 Å². The van der Waals surface area contributed by atoms with Crippen molar-refractivity contribution in [2.24, 2.45) is 0 Å². The summed E-state index contributed by atoms with van der Waals surface area (Å²) in [6, 6.07) is 8.63. The van der Waals surface area contributed by atoms with Crippen molar-refractivity contribution in [2.75, 3.05) is 24.5 Å². The molecule has 1 aromatic carbocycles. The first-order chi connectivity index (χ1) is 9.72. The Morgan fingerprint density at radius 2 is 2.25 bits per heavy atom. The maximum absolute atomic E-state index is 4.31. The van der Waals surface area contributed by atoms with Gasteiger partial charge >= 0.3 is 0 Å². The molecule has 1 atom stereocenters. The summed E-state index contributed by atoms with van der Waals surface area (Å²) in [4.78, 5) is 6.83. The molecular weight excluding hydrogens is 246 g/mol. The summed E-state index contributed by atoms with van der Waals surface area (Å²) in [7, 11) is 0. The van der Waals surface area contributed by atoms with E-state index in [0.717, 1.165) is 26.1 Å². The summed E-state index contributed by atoms with van der Waals surface area (Å²) in [5, 5.41) is 6.23. The van der Waals surface area contributed by atoms with E-state index in [1.54, 1.807) is 0 Å². The van der Waals surface area contributed by atoms with Gasteiger partial charge in [0.1, 0.15) is 0 Å². The molecule has 1 N–H and O–H groups in total. The molecule has 3 heteroatoms. The molecule has 1 fully saturated rings. The van der Waals surface area contributed by atoms with Crippen LogP contribution in [0.5, 0.6) is 0 Å². The smallest absolute Gasteiger partial charge is 0.0462 e. The van der Waals surface area contributed by atoms with Crippen molar-refractivity contribution in [3.8, 4) is 0 Å². The minimum atomic E-state index is 0.195. The molecule has 1 aromatic heterocycles. The van der Waals surface area contributed by atoms with Crippen molar-refractivity contribution in [3.05, 3.63) is 36.7 Å². The van der Waals surface area contributed by atoms with Crippen molar-refractivity contribution in [3.63, 3.8) is 0 Å². The van der Waals surface area contributed by atoms with Gasteiger partial charge in [-0.15, -0.1) is 0 Å². The number of hydrogen-bond donors (Lipinski definition) is 1. The van der Waals surface area contributed by atoms with Crippen LogP contribution in [-0.4, -0.2) is 30.2 Å². The quantitative estimate of drug-likeness (QED) is 0.907. The van der Waals surface area contributed by atoms with Gasteiger partial charge in [0.25, 0.3) is 0 Å². The van der Waals surface area contributed by atoms with Crippen LogP contribution in [0.25, 0.3) is 10.8 Å². The Kier molecular flexibility index (Phi) is 3.62. The van der Waals surface area contributed by atoms with Crippen LogP contribution in [0.4, 0.5) is 5.69 Å². The lowest BCUT2D eigenvalue weighted by atomic mass is 9.98. The number of pyridine rings is 1. The molecule has 106 valence electrons. The molecule has 3 rings (SSSR count). The number of aromatic nitrogens is 1. The second kappa shape index (κ2) is 5.41. The summed E-state index contributed by atoms with van der Waals surface area (Å²) in [5.74, 6) is 0. The third-order valence-electron chi connectivity index (χ3n) is 4.48. The molecule has 0 radical (unpaired) electrons. The summed E-state index contributed by atoms with van der Waals surface area (Å²) >= 11 is 0. The summed E-state index contributed by atoms with van der Waals surface area (Å²) in [6.45, 7) is 7.85. The van der Waals surface area contributed by atoms with Gasteiger partial charge in [-0.25, -0.2) is 0 Å². The molecule has 2 heterocycles. The monoisotopic (exact) mass is 269 g/mol.